The maximum atomic E-state index is 14.0. The Morgan fingerprint density at radius 1 is 0.905 bits per heavy atom. The summed E-state index contributed by atoms with van der Waals surface area (Å²) in [4.78, 5) is 20.7. The third kappa shape index (κ3) is 5.53. The molecule has 2 fully saturated rings. The first-order valence-electron chi connectivity index (χ1n) is 13.8. The summed E-state index contributed by atoms with van der Waals surface area (Å²) in [6, 6.07) is 19.2. The van der Waals surface area contributed by atoms with Gasteiger partial charge in [0, 0.05) is 54.7 Å². The van der Waals surface area contributed by atoms with E-state index in [9.17, 15) is 26.4 Å². The summed E-state index contributed by atoms with van der Waals surface area (Å²) >= 11 is 0. The highest BCUT2D eigenvalue weighted by molar-refractivity contribution is 7.93. The molecule has 2 aliphatic rings. The van der Waals surface area contributed by atoms with Crippen molar-refractivity contribution in [3.63, 3.8) is 0 Å². The fourth-order valence-electron chi connectivity index (χ4n) is 5.57. The molecule has 0 unspecified atom stereocenters. The molecule has 1 N–H and O–H groups in total. The smallest absolute Gasteiger partial charge is 0.367 e. The lowest BCUT2D eigenvalue weighted by Crippen LogP contribution is -2.49. The van der Waals surface area contributed by atoms with Gasteiger partial charge in [-0.3, -0.25) is 14.5 Å². The summed E-state index contributed by atoms with van der Waals surface area (Å²) in [5.41, 5.74) is 1.27. The molecule has 2 heterocycles. The number of piperazine rings is 1. The van der Waals surface area contributed by atoms with Crippen LogP contribution in [0.2, 0.25) is 0 Å². The van der Waals surface area contributed by atoms with Gasteiger partial charge in [0.2, 0.25) is 0 Å². The third-order valence-electron chi connectivity index (χ3n) is 8.08. The number of hydrogen-bond donors (Lipinski definition) is 1. The summed E-state index contributed by atoms with van der Waals surface area (Å²) in [5.74, 6) is -0.0646. The molecule has 0 radical (unpaired) electrons. The second kappa shape index (κ2) is 10.9. The van der Waals surface area contributed by atoms with E-state index in [2.05, 4.69) is 9.71 Å². The van der Waals surface area contributed by atoms with Gasteiger partial charge in [-0.2, -0.15) is 13.2 Å². The molecule has 11 heteroatoms. The molecule has 42 heavy (non-hydrogen) atoms. The fraction of sp³-hybridized carbons (Fsp3) is 0.290. The van der Waals surface area contributed by atoms with Crippen LogP contribution in [0.4, 0.5) is 24.5 Å². The number of sulfonamides is 1. The van der Waals surface area contributed by atoms with Crippen molar-refractivity contribution in [3.05, 3.63) is 95.7 Å². The highest BCUT2D eigenvalue weighted by Gasteiger charge is 2.37. The molecule has 1 saturated heterocycles. The largest absolute Gasteiger partial charge is 0.418 e. The van der Waals surface area contributed by atoms with Gasteiger partial charge in [0.15, 0.2) is 0 Å². The lowest BCUT2D eigenvalue weighted by Gasteiger charge is -2.37. The molecule has 1 saturated carbocycles. The van der Waals surface area contributed by atoms with Crippen LogP contribution in [0, 0.1) is 0 Å². The van der Waals surface area contributed by atoms with E-state index in [4.69, 9.17) is 0 Å². The van der Waals surface area contributed by atoms with Gasteiger partial charge in [-0.05, 0) is 72.9 Å². The van der Waals surface area contributed by atoms with Gasteiger partial charge in [-0.15, -0.1) is 0 Å². The van der Waals surface area contributed by atoms with Crippen LogP contribution in [-0.4, -0.2) is 50.4 Å². The van der Waals surface area contributed by atoms with Gasteiger partial charge in [0.05, 0.1) is 11.1 Å². The lowest BCUT2D eigenvalue weighted by atomic mass is 9.79. The minimum Gasteiger partial charge on any atom is -0.367 e. The third-order valence-corrected chi connectivity index (χ3v) is 9.49. The van der Waals surface area contributed by atoms with E-state index in [0.717, 1.165) is 24.8 Å². The number of hydrogen-bond acceptors (Lipinski definition) is 5. The van der Waals surface area contributed by atoms with Gasteiger partial charge in [-0.25, -0.2) is 8.42 Å². The van der Waals surface area contributed by atoms with Crippen molar-refractivity contribution in [2.45, 2.75) is 36.3 Å². The number of fused-ring (bicyclic) bond motifs is 1. The number of carbonyl (C=O) groups is 1. The molecular weight excluding hydrogens is 565 g/mol. The second-order valence-corrected chi connectivity index (χ2v) is 12.3. The molecule has 3 aromatic carbocycles. The van der Waals surface area contributed by atoms with Crippen LogP contribution in [0.3, 0.4) is 0 Å². The van der Waals surface area contributed by atoms with Crippen LogP contribution in [0.25, 0.3) is 10.9 Å². The minimum absolute atomic E-state index is 0.0463. The van der Waals surface area contributed by atoms with Crippen molar-refractivity contribution in [1.82, 2.24) is 9.88 Å². The van der Waals surface area contributed by atoms with E-state index in [1.165, 1.54) is 42.6 Å². The van der Waals surface area contributed by atoms with E-state index >= 15 is 0 Å². The van der Waals surface area contributed by atoms with Crippen molar-refractivity contribution in [2.24, 2.45) is 0 Å². The number of halogens is 3. The first-order valence-corrected chi connectivity index (χ1v) is 15.3. The van der Waals surface area contributed by atoms with E-state index < -0.39 is 21.8 Å². The molecule has 0 spiro atoms. The summed E-state index contributed by atoms with van der Waals surface area (Å²) in [6.45, 7) is 1.08. The number of nitrogens with one attached hydrogen (secondary N) is 1. The normalized spacial score (nSPS) is 16.4. The number of aromatic nitrogens is 1. The lowest BCUT2D eigenvalue weighted by molar-refractivity contribution is -0.137. The predicted octanol–water partition coefficient (Wildman–Crippen LogP) is 6.28. The SMILES string of the molecule is O=C(c1ccc(NS(=O)(=O)c2cccc3cccnc23)cc1)N1CCN(c2ccc(C3CCC3)cc2C(F)(F)F)CC1. The Morgan fingerprint density at radius 2 is 1.62 bits per heavy atom. The Hall–Kier alpha value is -4.12. The van der Waals surface area contributed by atoms with Crippen molar-refractivity contribution in [1.29, 1.82) is 0 Å². The van der Waals surface area contributed by atoms with Gasteiger partial charge in [0.1, 0.15) is 4.90 Å². The van der Waals surface area contributed by atoms with E-state index in [0.29, 0.717) is 16.5 Å². The first-order chi connectivity index (χ1) is 20.1. The van der Waals surface area contributed by atoms with Crippen LogP contribution in [0.15, 0.2) is 83.9 Å². The molecule has 6 rings (SSSR count). The van der Waals surface area contributed by atoms with Gasteiger partial charge < -0.3 is 9.80 Å². The van der Waals surface area contributed by atoms with Gasteiger partial charge in [-0.1, -0.05) is 30.7 Å². The van der Waals surface area contributed by atoms with E-state index in [1.807, 2.05) is 0 Å². The summed E-state index contributed by atoms with van der Waals surface area (Å²) in [7, 11) is -3.94. The van der Waals surface area contributed by atoms with Crippen molar-refractivity contribution in [2.75, 3.05) is 35.8 Å². The van der Waals surface area contributed by atoms with Crippen LogP contribution in [-0.2, 0) is 16.2 Å². The average Bonchev–Trinajstić information content (AvgIpc) is 2.95. The Bertz CT molecular complexity index is 1730. The maximum absolute atomic E-state index is 14.0. The average molecular weight is 595 g/mol. The number of alkyl halides is 3. The Kier molecular flexibility index (Phi) is 7.30. The van der Waals surface area contributed by atoms with Gasteiger partial charge >= 0.3 is 6.18 Å². The number of carbonyl (C=O) groups excluding carboxylic acids is 1. The van der Waals surface area contributed by atoms with E-state index in [1.54, 1.807) is 46.2 Å². The highest BCUT2D eigenvalue weighted by atomic mass is 32.2. The van der Waals surface area contributed by atoms with Crippen molar-refractivity contribution < 1.29 is 26.4 Å². The van der Waals surface area contributed by atoms with Crippen molar-refractivity contribution >= 4 is 38.2 Å². The molecule has 4 aromatic rings. The standard InChI is InChI=1S/C31H29F3N4O3S/c32-31(33,34)26-20-24(21-4-1-5-21)11-14-27(26)37-16-18-38(19-17-37)30(39)23-9-12-25(13-10-23)36-42(40,41)28-8-2-6-22-7-3-15-35-29(22)28/h2-3,6-15,20-21,36H,1,4-5,16-19H2. The number of amides is 1. The fourth-order valence-corrected chi connectivity index (χ4v) is 6.81. The summed E-state index contributed by atoms with van der Waals surface area (Å²) in [6.07, 6.45) is -0.0408. The number of rotatable bonds is 6. The minimum atomic E-state index is -4.46. The van der Waals surface area contributed by atoms with Crippen molar-refractivity contribution in [3.8, 4) is 0 Å². The highest BCUT2D eigenvalue weighted by Crippen LogP contribution is 2.42. The summed E-state index contributed by atoms with van der Waals surface area (Å²) < 4.78 is 70.6. The predicted molar refractivity (Wildman–Crippen MR) is 155 cm³/mol. The first kappa shape index (κ1) is 28.0. The monoisotopic (exact) mass is 594 g/mol. The van der Waals surface area contributed by atoms with Gasteiger partial charge in [0.25, 0.3) is 15.9 Å². The second-order valence-electron chi connectivity index (χ2n) is 10.7. The molecule has 1 aromatic heterocycles. The number of para-hydroxylation sites is 1. The molecular formula is C31H29F3N4O3S. The quantitative estimate of drug-likeness (QED) is 0.284. The topological polar surface area (TPSA) is 82.6 Å². The van der Waals surface area contributed by atoms with Crippen LogP contribution < -0.4 is 9.62 Å². The molecule has 1 amide bonds. The Balaban J connectivity index is 1.12. The molecule has 0 bridgehead atoms. The zero-order chi connectivity index (χ0) is 29.5. The Morgan fingerprint density at radius 3 is 2.29 bits per heavy atom. The Labute approximate surface area is 242 Å². The maximum Gasteiger partial charge on any atom is 0.418 e. The molecule has 1 aliphatic heterocycles. The molecule has 1 aliphatic carbocycles. The number of anilines is 2. The van der Waals surface area contributed by atoms with Crippen LogP contribution in [0.1, 0.15) is 46.7 Å². The molecule has 7 nitrogen and oxygen atoms in total. The van der Waals surface area contributed by atoms with E-state index in [-0.39, 0.29) is 54.3 Å². The summed E-state index contributed by atoms with van der Waals surface area (Å²) in [5, 5.41) is 0.696. The number of benzene rings is 3. The van der Waals surface area contributed by atoms with Crippen LogP contribution in [0.5, 0.6) is 0 Å². The number of nitrogens with zero attached hydrogens (tertiary/aromatic N) is 3. The molecule has 0 atom stereocenters. The van der Waals surface area contributed by atoms with Crippen LogP contribution >= 0.6 is 0 Å². The zero-order valence-electron chi connectivity index (χ0n) is 22.6. The molecule has 218 valence electrons. The number of pyridine rings is 1. The zero-order valence-corrected chi connectivity index (χ0v) is 23.5.